The standard InChI is InChI=1S/C19H24N2O/c1-14(20-15(2)22)13-16-5-7-17(8-6-16)18-9-11-19(12-10-18)21(3)4/h5-12,14H,13H2,1-4H3,(H,20,22). The van der Waals surface area contributed by atoms with Crippen LogP contribution in [0.2, 0.25) is 0 Å². The summed E-state index contributed by atoms with van der Waals surface area (Å²) in [6.45, 7) is 3.58. The molecule has 2 aromatic carbocycles. The highest BCUT2D eigenvalue weighted by atomic mass is 16.1. The van der Waals surface area contributed by atoms with Crippen molar-refractivity contribution >= 4 is 11.6 Å². The molecule has 0 aromatic heterocycles. The van der Waals surface area contributed by atoms with E-state index in [0.29, 0.717) is 0 Å². The molecule has 0 aliphatic rings. The van der Waals surface area contributed by atoms with Crippen LogP contribution in [0.25, 0.3) is 11.1 Å². The van der Waals surface area contributed by atoms with Crippen LogP contribution in [0.1, 0.15) is 19.4 Å². The Bertz CT molecular complexity index is 615. The zero-order valence-corrected chi connectivity index (χ0v) is 13.8. The van der Waals surface area contributed by atoms with Gasteiger partial charge in [0.1, 0.15) is 0 Å². The van der Waals surface area contributed by atoms with Crippen molar-refractivity contribution in [1.82, 2.24) is 5.32 Å². The molecule has 2 rings (SSSR count). The minimum absolute atomic E-state index is 0.0186. The molecule has 116 valence electrons. The van der Waals surface area contributed by atoms with Gasteiger partial charge in [0.15, 0.2) is 0 Å². The van der Waals surface area contributed by atoms with E-state index in [1.165, 1.54) is 22.4 Å². The predicted octanol–water partition coefficient (Wildman–Crippen LogP) is 3.49. The molecule has 0 aliphatic heterocycles. The van der Waals surface area contributed by atoms with Crippen LogP contribution in [-0.4, -0.2) is 26.0 Å². The molecule has 1 atom stereocenters. The second kappa shape index (κ2) is 7.12. The molecule has 1 N–H and O–H groups in total. The second-order valence-electron chi connectivity index (χ2n) is 5.94. The number of rotatable bonds is 5. The Balaban J connectivity index is 2.06. The van der Waals surface area contributed by atoms with Crippen LogP contribution < -0.4 is 10.2 Å². The van der Waals surface area contributed by atoms with Crippen LogP contribution in [-0.2, 0) is 11.2 Å². The number of carbonyl (C=O) groups is 1. The van der Waals surface area contributed by atoms with Crippen molar-refractivity contribution in [2.45, 2.75) is 26.3 Å². The van der Waals surface area contributed by atoms with Crippen molar-refractivity contribution in [1.29, 1.82) is 0 Å². The summed E-state index contributed by atoms with van der Waals surface area (Å²) < 4.78 is 0. The number of hydrogen-bond donors (Lipinski definition) is 1. The third kappa shape index (κ3) is 4.35. The van der Waals surface area contributed by atoms with Crippen molar-refractivity contribution in [3.05, 3.63) is 54.1 Å². The highest BCUT2D eigenvalue weighted by Crippen LogP contribution is 2.23. The van der Waals surface area contributed by atoms with Crippen molar-refractivity contribution in [2.75, 3.05) is 19.0 Å². The molecule has 1 unspecified atom stereocenters. The number of benzene rings is 2. The lowest BCUT2D eigenvalue weighted by Crippen LogP contribution is -2.31. The van der Waals surface area contributed by atoms with E-state index >= 15 is 0 Å². The Kier molecular flexibility index (Phi) is 5.21. The fourth-order valence-electron chi connectivity index (χ4n) is 2.54. The fourth-order valence-corrected chi connectivity index (χ4v) is 2.54. The van der Waals surface area contributed by atoms with Gasteiger partial charge in [-0.25, -0.2) is 0 Å². The first kappa shape index (κ1) is 16.1. The van der Waals surface area contributed by atoms with E-state index in [0.717, 1.165) is 6.42 Å². The smallest absolute Gasteiger partial charge is 0.217 e. The van der Waals surface area contributed by atoms with E-state index in [1.807, 2.05) is 21.0 Å². The van der Waals surface area contributed by atoms with Gasteiger partial charge in [0.05, 0.1) is 0 Å². The Labute approximate surface area is 133 Å². The number of anilines is 1. The van der Waals surface area contributed by atoms with Crippen molar-refractivity contribution in [2.24, 2.45) is 0 Å². The molecule has 0 saturated carbocycles. The first-order valence-electron chi connectivity index (χ1n) is 7.59. The van der Waals surface area contributed by atoms with Crippen LogP contribution >= 0.6 is 0 Å². The van der Waals surface area contributed by atoms with Crippen molar-refractivity contribution < 1.29 is 4.79 Å². The molecule has 0 fully saturated rings. The van der Waals surface area contributed by atoms with E-state index < -0.39 is 0 Å². The summed E-state index contributed by atoms with van der Waals surface area (Å²) in [5.74, 6) is 0.0186. The summed E-state index contributed by atoms with van der Waals surface area (Å²) in [5, 5.41) is 2.91. The van der Waals surface area contributed by atoms with Crippen molar-refractivity contribution in [3.8, 4) is 11.1 Å². The molecular formula is C19H24N2O. The quantitative estimate of drug-likeness (QED) is 0.916. The topological polar surface area (TPSA) is 32.3 Å². The lowest BCUT2D eigenvalue weighted by atomic mass is 10.0. The molecular weight excluding hydrogens is 272 g/mol. The summed E-state index contributed by atoms with van der Waals surface area (Å²) in [7, 11) is 4.08. The first-order valence-corrected chi connectivity index (χ1v) is 7.59. The molecule has 1 amide bonds. The van der Waals surface area contributed by atoms with Gasteiger partial charge >= 0.3 is 0 Å². The van der Waals surface area contributed by atoms with Crippen LogP contribution in [0.15, 0.2) is 48.5 Å². The molecule has 0 spiro atoms. The van der Waals surface area contributed by atoms with Gasteiger partial charge in [0.2, 0.25) is 5.91 Å². The molecule has 0 heterocycles. The summed E-state index contributed by atoms with van der Waals surface area (Å²) in [5.41, 5.74) is 4.85. The van der Waals surface area contributed by atoms with Gasteiger partial charge < -0.3 is 10.2 Å². The minimum atomic E-state index is 0.0186. The Morgan fingerprint density at radius 3 is 1.95 bits per heavy atom. The number of nitrogens with one attached hydrogen (secondary N) is 1. The van der Waals surface area contributed by atoms with Gasteiger partial charge in [-0.3, -0.25) is 4.79 Å². The first-order chi connectivity index (χ1) is 10.5. The normalized spacial score (nSPS) is 11.8. The van der Waals surface area contributed by atoms with Gasteiger partial charge in [-0.2, -0.15) is 0 Å². The average Bonchev–Trinajstić information content (AvgIpc) is 2.47. The molecule has 0 aliphatic carbocycles. The highest BCUT2D eigenvalue weighted by Gasteiger charge is 2.05. The Morgan fingerprint density at radius 1 is 1.00 bits per heavy atom. The van der Waals surface area contributed by atoms with Crippen LogP contribution in [0.4, 0.5) is 5.69 Å². The van der Waals surface area contributed by atoms with Gasteiger partial charge in [0.25, 0.3) is 0 Å². The summed E-state index contributed by atoms with van der Waals surface area (Å²) in [6, 6.07) is 17.2. The number of nitrogens with zero attached hydrogens (tertiary/aromatic N) is 1. The van der Waals surface area contributed by atoms with E-state index in [4.69, 9.17) is 0 Å². The largest absolute Gasteiger partial charge is 0.378 e. The Morgan fingerprint density at radius 2 is 1.50 bits per heavy atom. The third-order valence-corrected chi connectivity index (χ3v) is 3.66. The second-order valence-corrected chi connectivity index (χ2v) is 5.94. The van der Waals surface area contributed by atoms with E-state index in [9.17, 15) is 4.79 Å². The maximum atomic E-state index is 11.0. The van der Waals surface area contributed by atoms with Gasteiger partial charge in [-0.1, -0.05) is 36.4 Å². The zero-order valence-electron chi connectivity index (χ0n) is 13.8. The fraction of sp³-hybridized carbons (Fsp3) is 0.316. The maximum Gasteiger partial charge on any atom is 0.217 e. The molecule has 0 saturated heterocycles. The lowest BCUT2D eigenvalue weighted by molar-refractivity contribution is -0.119. The number of carbonyl (C=O) groups excluding carboxylic acids is 1. The molecule has 3 nitrogen and oxygen atoms in total. The molecule has 0 bridgehead atoms. The molecule has 0 radical (unpaired) electrons. The Hall–Kier alpha value is -2.29. The van der Waals surface area contributed by atoms with Crippen LogP contribution in [0.5, 0.6) is 0 Å². The van der Waals surface area contributed by atoms with Crippen LogP contribution in [0, 0.1) is 0 Å². The summed E-state index contributed by atoms with van der Waals surface area (Å²) in [6.07, 6.45) is 0.847. The maximum absolute atomic E-state index is 11.0. The summed E-state index contributed by atoms with van der Waals surface area (Å²) in [4.78, 5) is 13.1. The number of hydrogen-bond acceptors (Lipinski definition) is 2. The van der Waals surface area contributed by atoms with Crippen LogP contribution in [0.3, 0.4) is 0 Å². The zero-order chi connectivity index (χ0) is 16.1. The van der Waals surface area contributed by atoms with Crippen molar-refractivity contribution in [3.63, 3.8) is 0 Å². The average molecular weight is 296 g/mol. The predicted molar refractivity (Wildman–Crippen MR) is 93.2 cm³/mol. The lowest BCUT2D eigenvalue weighted by Gasteiger charge is -2.14. The monoisotopic (exact) mass is 296 g/mol. The van der Waals surface area contributed by atoms with Gasteiger partial charge in [-0.15, -0.1) is 0 Å². The van der Waals surface area contributed by atoms with E-state index in [2.05, 4.69) is 58.7 Å². The molecule has 22 heavy (non-hydrogen) atoms. The number of amides is 1. The van der Waals surface area contributed by atoms with E-state index in [-0.39, 0.29) is 11.9 Å². The van der Waals surface area contributed by atoms with Gasteiger partial charge in [-0.05, 0) is 42.2 Å². The summed E-state index contributed by atoms with van der Waals surface area (Å²) >= 11 is 0. The minimum Gasteiger partial charge on any atom is -0.378 e. The molecule has 2 aromatic rings. The van der Waals surface area contributed by atoms with Gasteiger partial charge in [0, 0.05) is 32.7 Å². The van der Waals surface area contributed by atoms with E-state index in [1.54, 1.807) is 6.92 Å². The highest BCUT2D eigenvalue weighted by molar-refractivity contribution is 5.73. The third-order valence-electron chi connectivity index (χ3n) is 3.66. The SMILES string of the molecule is CC(=O)NC(C)Cc1ccc(-c2ccc(N(C)C)cc2)cc1. The molecule has 3 heteroatoms.